The van der Waals surface area contributed by atoms with Crippen molar-refractivity contribution in [1.29, 1.82) is 0 Å². The fraction of sp³-hybridized carbons (Fsp3) is 0.312. The molecule has 1 heterocycles. The highest BCUT2D eigenvalue weighted by atomic mass is 32.1. The minimum absolute atomic E-state index is 0.179. The number of hydrogen-bond donors (Lipinski definition) is 1. The van der Waals surface area contributed by atoms with Crippen LogP contribution >= 0.6 is 11.3 Å². The van der Waals surface area contributed by atoms with E-state index in [1.807, 2.05) is 18.4 Å². The second-order valence-corrected chi connectivity index (χ2v) is 5.53. The average molecular weight is 349 g/mol. The monoisotopic (exact) mass is 349 g/mol. The quantitative estimate of drug-likeness (QED) is 0.448. The number of anilines is 1. The third-order valence-corrected chi connectivity index (χ3v) is 3.70. The molecule has 0 fully saturated rings. The Kier molecular flexibility index (Phi) is 6.56. The van der Waals surface area contributed by atoms with Gasteiger partial charge in [-0.05, 0) is 37.6 Å². The summed E-state index contributed by atoms with van der Waals surface area (Å²) in [7, 11) is 1.53. The van der Waals surface area contributed by atoms with Crippen molar-refractivity contribution in [3.63, 3.8) is 0 Å². The first-order valence-corrected chi connectivity index (χ1v) is 8.18. The molecule has 0 radical (unpaired) electrons. The lowest BCUT2D eigenvalue weighted by atomic mass is 10.2. The van der Waals surface area contributed by atoms with Gasteiger partial charge in [-0.25, -0.2) is 9.78 Å². The second-order valence-electron chi connectivity index (χ2n) is 4.67. The zero-order valence-electron chi connectivity index (χ0n) is 13.7. The van der Waals surface area contributed by atoms with Crippen molar-refractivity contribution in [2.24, 2.45) is 5.10 Å². The van der Waals surface area contributed by atoms with Gasteiger partial charge in [0.15, 0.2) is 18.1 Å². The number of esters is 1. The molecule has 2 aromatic rings. The van der Waals surface area contributed by atoms with E-state index in [-0.39, 0.29) is 6.61 Å². The minimum atomic E-state index is -0.431. The normalized spacial score (nSPS) is 10.6. The highest BCUT2D eigenvalue weighted by Gasteiger charge is 2.09. The summed E-state index contributed by atoms with van der Waals surface area (Å²) in [6.45, 7) is 3.80. The van der Waals surface area contributed by atoms with Crippen LogP contribution in [0.15, 0.2) is 28.7 Å². The van der Waals surface area contributed by atoms with E-state index in [4.69, 9.17) is 14.2 Å². The summed E-state index contributed by atoms with van der Waals surface area (Å²) in [6.07, 6.45) is 1.63. The van der Waals surface area contributed by atoms with Gasteiger partial charge >= 0.3 is 5.97 Å². The Hall–Kier alpha value is -2.61. The van der Waals surface area contributed by atoms with Crippen LogP contribution in [0.2, 0.25) is 0 Å². The number of thiazole rings is 1. The zero-order chi connectivity index (χ0) is 17.4. The van der Waals surface area contributed by atoms with E-state index < -0.39 is 5.97 Å². The summed E-state index contributed by atoms with van der Waals surface area (Å²) in [4.78, 5) is 15.7. The molecule has 0 bridgehead atoms. The predicted molar refractivity (Wildman–Crippen MR) is 93.2 cm³/mol. The molecule has 0 aliphatic rings. The first-order valence-electron chi connectivity index (χ1n) is 7.30. The summed E-state index contributed by atoms with van der Waals surface area (Å²) >= 11 is 1.48. The van der Waals surface area contributed by atoms with Crippen molar-refractivity contribution in [3.8, 4) is 11.5 Å². The zero-order valence-corrected chi connectivity index (χ0v) is 14.6. The Morgan fingerprint density at radius 2 is 2.25 bits per heavy atom. The number of aromatic nitrogens is 1. The highest BCUT2D eigenvalue weighted by molar-refractivity contribution is 7.13. The molecule has 0 amide bonds. The average Bonchev–Trinajstić information content (AvgIpc) is 2.99. The summed E-state index contributed by atoms with van der Waals surface area (Å²) in [5.41, 5.74) is 4.59. The van der Waals surface area contributed by atoms with Gasteiger partial charge in [0.2, 0.25) is 5.13 Å². The van der Waals surface area contributed by atoms with Crippen molar-refractivity contribution in [3.05, 3.63) is 34.8 Å². The van der Waals surface area contributed by atoms with Crippen LogP contribution in [-0.4, -0.2) is 37.5 Å². The van der Waals surface area contributed by atoms with Crippen LogP contribution in [-0.2, 0) is 9.53 Å². The van der Waals surface area contributed by atoms with Gasteiger partial charge in [-0.3, -0.25) is 5.43 Å². The maximum atomic E-state index is 11.4. The van der Waals surface area contributed by atoms with E-state index in [0.717, 1.165) is 16.4 Å². The molecule has 0 saturated heterocycles. The van der Waals surface area contributed by atoms with Crippen LogP contribution in [0.4, 0.5) is 5.13 Å². The fourth-order valence-corrected chi connectivity index (χ4v) is 2.43. The molecule has 0 aliphatic carbocycles. The number of ether oxygens (including phenoxy) is 3. The Labute approximate surface area is 144 Å². The van der Waals surface area contributed by atoms with Crippen LogP contribution in [0.3, 0.4) is 0 Å². The molecule has 24 heavy (non-hydrogen) atoms. The topological polar surface area (TPSA) is 82.0 Å². The fourth-order valence-electron chi connectivity index (χ4n) is 1.79. The van der Waals surface area contributed by atoms with Crippen molar-refractivity contribution >= 4 is 28.7 Å². The van der Waals surface area contributed by atoms with Gasteiger partial charge < -0.3 is 14.2 Å². The van der Waals surface area contributed by atoms with Gasteiger partial charge in [0.25, 0.3) is 0 Å². The highest BCUT2D eigenvalue weighted by Crippen LogP contribution is 2.27. The molecule has 0 atom stereocenters. The molecule has 0 aliphatic heterocycles. The Bertz CT molecular complexity index is 715. The van der Waals surface area contributed by atoms with Crippen LogP contribution in [0.5, 0.6) is 11.5 Å². The van der Waals surface area contributed by atoms with Gasteiger partial charge in [-0.2, -0.15) is 5.10 Å². The molecular formula is C16H19N3O4S. The number of nitrogens with one attached hydrogen (secondary N) is 1. The van der Waals surface area contributed by atoms with E-state index in [2.05, 4.69) is 15.5 Å². The number of rotatable bonds is 8. The van der Waals surface area contributed by atoms with Gasteiger partial charge in [0.1, 0.15) is 0 Å². The molecule has 1 N–H and O–H groups in total. The smallest absolute Gasteiger partial charge is 0.344 e. The summed E-state index contributed by atoms with van der Waals surface area (Å²) in [6, 6.07) is 5.31. The maximum absolute atomic E-state index is 11.4. The summed E-state index contributed by atoms with van der Waals surface area (Å²) in [5.74, 6) is 0.541. The summed E-state index contributed by atoms with van der Waals surface area (Å²) in [5, 5.41) is 6.79. The van der Waals surface area contributed by atoms with Crippen molar-refractivity contribution < 1.29 is 19.0 Å². The largest absolute Gasteiger partial charge is 0.493 e. The van der Waals surface area contributed by atoms with Crippen molar-refractivity contribution in [2.75, 3.05) is 25.7 Å². The number of benzene rings is 1. The molecule has 7 nitrogen and oxygen atoms in total. The lowest BCUT2D eigenvalue weighted by Crippen LogP contribution is -2.15. The Morgan fingerprint density at radius 1 is 1.42 bits per heavy atom. The molecule has 1 aromatic heterocycles. The Morgan fingerprint density at radius 3 is 2.92 bits per heavy atom. The lowest BCUT2D eigenvalue weighted by Gasteiger charge is -2.10. The lowest BCUT2D eigenvalue weighted by molar-refractivity contribution is -0.145. The second kappa shape index (κ2) is 8.88. The number of hydrogen-bond acceptors (Lipinski definition) is 8. The van der Waals surface area contributed by atoms with E-state index in [9.17, 15) is 4.79 Å². The number of nitrogens with zero attached hydrogens (tertiary/aromatic N) is 2. The number of carbonyl (C=O) groups is 1. The molecule has 1 aromatic carbocycles. The first kappa shape index (κ1) is 17.7. The van der Waals surface area contributed by atoms with Crippen LogP contribution in [0, 0.1) is 6.92 Å². The first-order chi connectivity index (χ1) is 11.6. The van der Waals surface area contributed by atoms with Gasteiger partial charge in [0, 0.05) is 5.38 Å². The predicted octanol–water partition coefficient (Wildman–Crippen LogP) is 2.85. The van der Waals surface area contributed by atoms with Gasteiger partial charge in [-0.1, -0.05) is 0 Å². The van der Waals surface area contributed by atoms with Crippen LogP contribution in [0.1, 0.15) is 18.2 Å². The standard InChI is InChI=1S/C16H19N3O4S/c1-4-22-15(20)9-23-14-7-12(5-6-13(14)21-3)8-17-19-16-18-11(2)10-24-16/h5-8,10H,4,9H2,1-3H3,(H,18,19). The van der Waals surface area contributed by atoms with Crippen molar-refractivity contribution in [1.82, 2.24) is 4.98 Å². The SMILES string of the molecule is CCOC(=O)COc1cc(C=NNc2nc(C)cs2)ccc1OC. The Balaban J connectivity index is 2.02. The molecular weight excluding hydrogens is 330 g/mol. The number of methoxy groups -OCH3 is 1. The van der Waals surface area contributed by atoms with Gasteiger partial charge in [0.05, 0.1) is 25.6 Å². The third kappa shape index (κ3) is 5.24. The van der Waals surface area contributed by atoms with E-state index >= 15 is 0 Å². The third-order valence-electron chi connectivity index (χ3n) is 2.83. The maximum Gasteiger partial charge on any atom is 0.344 e. The molecule has 2 rings (SSSR count). The number of aryl methyl sites for hydroxylation is 1. The number of hydrazone groups is 1. The van der Waals surface area contributed by atoms with E-state index in [0.29, 0.717) is 18.1 Å². The van der Waals surface area contributed by atoms with Crippen molar-refractivity contribution in [2.45, 2.75) is 13.8 Å². The molecule has 0 saturated carbocycles. The number of carbonyl (C=O) groups excluding carboxylic acids is 1. The molecule has 0 spiro atoms. The van der Waals surface area contributed by atoms with E-state index in [1.54, 1.807) is 25.3 Å². The van der Waals surface area contributed by atoms with Crippen LogP contribution in [0.25, 0.3) is 0 Å². The molecule has 8 heteroatoms. The molecule has 0 unspecified atom stereocenters. The van der Waals surface area contributed by atoms with Gasteiger partial charge in [-0.15, -0.1) is 11.3 Å². The minimum Gasteiger partial charge on any atom is -0.493 e. The van der Waals surface area contributed by atoms with E-state index in [1.165, 1.54) is 18.4 Å². The van der Waals surface area contributed by atoms with Crippen LogP contribution < -0.4 is 14.9 Å². The molecule has 128 valence electrons. The summed E-state index contributed by atoms with van der Waals surface area (Å²) < 4.78 is 15.5.